The molecule has 30 heavy (non-hydrogen) atoms. The number of amides is 2. The lowest BCUT2D eigenvalue weighted by atomic mass is 10.1. The standard InChI is InChI=1S/C24H19N3O3/c25-16-17-5-4-6-18(15-17)26-24(29)22-13-14-23(28)27(22)19-9-11-21(12-10-19)30-20-7-2-1-3-8-20/h1-12,15,22H,13-14H2,(H,26,29). The molecule has 0 saturated carbocycles. The van der Waals surface area contributed by atoms with Crippen LogP contribution in [0.15, 0.2) is 78.9 Å². The topological polar surface area (TPSA) is 82.4 Å². The predicted octanol–water partition coefficient (Wildman–Crippen LogP) is 4.48. The Hall–Kier alpha value is -4.11. The zero-order chi connectivity index (χ0) is 20.9. The van der Waals surface area contributed by atoms with Crippen LogP contribution in [0.5, 0.6) is 11.5 Å². The maximum Gasteiger partial charge on any atom is 0.247 e. The molecular weight excluding hydrogens is 378 g/mol. The summed E-state index contributed by atoms with van der Waals surface area (Å²) in [6.45, 7) is 0. The molecule has 1 unspecified atom stereocenters. The van der Waals surface area contributed by atoms with E-state index in [2.05, 4.69) is 5.32 Å². The van der Waals surface area contributed by atoms with Crippen molar-refractivity contribution in [2.24, 2.45) is 0 Å². The Labute approximate surface area is 174 Å². The SMILES string of the molecule is N#Cc1cccc(NC(=O)C2CCC(=O)N2c2ccc(Oc3ccccc3)cc2)c1. The molecule has 0 aliphatic carbocycles. The van der Waals surface area contributed by atoms with Crippen molar-refractivity contribution >= 4 is 23.2 Å². The summed E-state index contributed by atoms with van der Waals surface area (Å²) < 4.78 is 5.79. The van der Waals surface area contributed by atoms with Gasteiger partial charge in [-0.05, 0) is 61.0 Å². The highest BCUT2D eigenvalue weighted by Crippen LogP contribution is 2.30. The Kier molecular flexibility index (Phi) is 5.44. The predicted molar refractivity (Wildman–Crippen MR) is 113 cm³/mol. The van der Waals surface area contributed by atoms with Crippen LogP contribution in [0.4, 0.5) is 11.4 Å². The van der Waals surface area contributed by atoms with Gasteiger partial charge in [-0.3, -0.25) is 14.5 Å². The van der Waals surface area contributed by atoms with Crippen molar-refractivity contribution in [3.05, 3.63) is 84.4 Å². The quantitative estimate of drug-likeness (QED) is 0.688. The second-order valence-corrected chi connectivity index (χ2v) is 6.91. The molecular formula is C24H19N3O3. The summed E-state index contributed by atoms with van der Waals surface area (Å²) in [7, 11) is 0. The summed E-state index contributed by atoms with van der Waals surface area (Å²) in [6, 6.07) is 24.7. The van der Waals surface area contributed by atoms with Crippen molar-refractivity contribution in [2.45, 2.75) is 18.9 Å². The van der Waals surface area contributed by atoms with Crippen molar-refractivity contribution in [3.63, 3.8) is 0 Å². The van der Waals surface area contributed by atoms with Crippen LogP contribution in [-0.4, -0.2) is 17.9 Å². The van der Waals surface area contributed by atoms with Crippen LogP contribution in [0, 0.1) is 11.3 Å². The first-order chi connectivity index (χ1) is 14.6. The third kappa shape index (κ3) is 4.15. The van der Waals surface area contributed by atoms with Crippen molar-refractivity contribution in [1.29, 1.82) is 5.26 Å². The summed E-state index contributed by atoms with van der Waals surface area (Å²) in [5.41, 5.74) is 1.63. The highest BCUT2D eigenvalue weighted by molar-refractivity contribution is 6.07. The maximum absolute atomic E-state index is 12.8. The first-order valence-electron chi connectivity index (χ1n) is 9.60. The number of carbonyl (C=O) groups excluding carboxylic acids is 2. The van der Waals surface area contributed by atoms with Crippen LogP contribution in [0.1, 0.15) is 18.4 Å². The van der Waals surface area contributed by atoms with Gasteiger partial charge in [0.1, 0.15) is 17.5 Å². The Morgan fingerprint density at radius 1 is 1.00 bits per heavy atom. The number of benzene rings is 3. The van der Waals surface area contributed by atoms with Crippen LogP contribution in [0.25, 0.3) is 0 Å². The molecule has 1 heterocycles. The molecule has 1 atom stereocenters. The van der Waals surface area contributed by atoms with E-state index in [1.807, 2.05) is 36.4 Å². The number of anilines is 2. The molecule has 0 radical (unpaired) electrons. The fourth-order valence-corrected chi connectivity index (χ4v) is 3.45. The molecule has 1 N–H and O–H groups in total. The van der Waals surface area contributed by atoms with Gasteiger partial charge in [-0.25, -0.2) is 0 Å². The number of nitrogens with one attached hydrogen (secondary N) is 1. The van der Waals surface area contributed by atoms with Gasteiger partial charge in [-0.1, -0.05) is 24.3 Å². The van der Waals surface area contributed by atoms with Gasteiger partial charge in [0.2, 0.25) is 11.8 Å². The molecule has 1 fully saturated rings. The monoisotopic (exact) mass is 397 g/mol. The lowest BCUT2D eigenvalue weighted by Gasteiger charge is -2.24. The van der Waals surface area contributed by atoms with E-state index in [4.69, 9.17) is 10.00 Å². The second kappa shape index (κ2) is 8.50. The molecule has 6 nitrogen and oxygen atoms in total. The van der Waals surface area contributed by atoms with Gasteiger partial charge >= 0.3 is 0 Å². The number of para-hydroxylation sites is 1. The van der Waals surface area contributed by atoms with Crippen LogP contribution in [-0.2, 0) is 9.59 Å². The summed E-state index contributed by atoms with van der Waals surface area (Å²) in [6.07, 6.45) is 0.740. The van der Waals surface area contributed by atoms with Gasteiger partial charge in [0.15, 0.2) is 0 Å². The largest absolute Gasteiger partial charge is 0.457 e. The molecule has 0 bridgehead atoms. The van der Waals surface area contributed by atoms with Gasteiger partial charge in [0.05, 0.1) is 11.6 Å². The number of carbonyl (C=O) groups is 2. The van der Waals surface area contributed by atoms with Crippen LogP contribution in [0.3, 0.4) is 0 Å². The van der Waals surface area contributed by atoms with E-state index in [1.54, 1.807) is 48.5 Å². The van der Waals surface area contributed by atoms with E-state index < -0.39 is 6.04 Å². The smallest absolute Gasteiger partial charge is 0.247 e. The Morgan fingerprint density at radius 2 is 1.73 bits per heavy atom. The zero-order valence-electron chi connectivity index (χ0n) is 16.1. The number of rotatable bonds is 5. The summed E-state index contributed by atoms with van der Waals surface area (Å²) in [5, 5.41) is 11.8. The van der Waals surface area contributed by atoms with Crippen LogP contribution in [0.2, 0.25) is 0 Å². The molecule has 1 aliphatic heterocycles. The minimum atomic E-state index is -0.607. The summed E-state index contributed by atoms with van der Waals surface area (Å²) >= 11 is 0. The fourth-order valence-electron chi connectivity index (χ4n) is 3.45. The minimum absolute atomic E-state index is 0.0994. The first-order valence-corrected chi connectivity index (χ1v) is 9.60. The van der Waals surface area contributed by atoms with Gasteiger partial charge in [-0.15, -0.1) is 0 Å². The molecule has 4 rings (SSSR count). The van der Waals surface area contributed by atoms with E-state index in [-0.39, 0.29) is 11.8 Å². The van der Waals surface area contributed by atoms with E-state index in [9.17, 15) is 9.59 Å². The highest BCUT2D eigenvalue weighted by atomic mass is 16.5. The van der Waals surface area contributed by atoms with E-state index in [0.717, 1.165) is 5.75 Å². The number of nitrogens with zero attached hydrogens (tertiary/aromatic N) is 2. The number of nitriles is 1. The summed E-state index contributed by atoms with van der Waals surface area (Å²) in [4.78, 5) is 26.9. The normalized spacial score (nSPS) is 15.5. The lowest BCUT2D eigenvalue weighted by molar-refractivity contribution is -0.120. The Morgan fingerprint density at radius 3 is 2.47 bits per heavy atom. The van der Waals surface area contributed by atoms with Crippen molar-refractivity contribution in [3.8, 4) is 17.6 Å². The lowest BCUT2D eigenvalue weighted by Crippen LogP contribution is -2.41. The summed E-state index contributed by atoms with van der Waals surface area (Å²) in [5.74, 6) is 0.989. The number of hydrogen-bond acceptors (Lipinski definition) is 4. The molecule has 1 saturated heterocycles. The second-order valence-electron chi connectivity index (χ2n) is 6.91. The van der Waals surface area contributed by atoms with Gasteiger partial charge in [0.25, 0.3) is 0 Å². The van der Waals surface area contributed by atoms with E-state index in [1.165, 1.54) is 4.90 Å². The molecule has 3 aromatic rings. The Balaban J connectivity index is 1.49. The molecule has 1 aliphatic rings. The maximum atomic E-state index is 12.8. The Bertz CT molecular complexity index is 1100. The molecule has 148 valence electrons. The molecule has 2 amide bonds. The zero-order valence-corrected chi connectivity index (χ0v) is 16.1. The van der Waals surface area contributed by atoms with Gasteiger partial charge in [-0.2, -0.15) is 5.26 Å². The molecule has 6 heteroatoms. The molecule has 3 aromatic carbocycles. The average molecular weight is 397 g/mol. The van der Waals surface area contributed by atoms with Crippen LogP contribution < -0.4 is 15.0 Å². The van der Waals surface area contributed by atoms with E-state index in [0.29, 0.717) is 35.5 Å². The third-order valence-electron chi connectivity index (χ3n) is 4.87. The van der Waals surface area contributed by atoms with Crippen molar-refractivity contribution in [2.75, 3.05) is 10.2 Å². The van der Waals surface area contributed by atoms with Gasteiger partial charge < -0.3 is 10.1 Å². The average Bonchev–Trinajstić information content (AvgIpc) is 3.17. The van der Waals surface area contributed by atoms with E-state index >= 15 is 0 Å². The number of hydrogen-bond donors (Lipinski definition) is 1. The number of ether oxygens (including phenoxy) is 1. The molecule has 0 aromatic heterocycles. The first kappa shape index (κ1) is 19.2. The molecule has 0 spiro atoms. The minimum Gasteiger partial charge on any atom is -0.457 e. The van der Waals surface area contributed by atoms with Crippen molar-refractivity contribution < 1.29 is 14.3 Å². The van der Waals surface area contributed by atoms with Crippen molar-refractivity contribution in [1.82, 2.24) is 0 Å². The van der Waals surface area contributed by atoms with Crippen LogP contribution >= 0.6 is 0 Å². The van der Waals surface area contributed by atoms with Gasteiger partial charge in [0, 0.05) is 17.8 Å². The fraction of sp³-hybridized carbons (Fsp3) is 0.125. The highest BCUT2D eigenvalue weighted by Gasteiger charge is 2.37. The third-order valence-corrected chi connectivity index (χ3v) is 4.87.